The Labute approximate surface area is 138 Å². The number of methoxy groups -OCH3 is 1. The summed E-state index contributed by atoms with van der Waals surface area (Å²) in [5.74, 6) is -0.272. The lowest BCUT2D eigenvalue weighted by Gasteiger charge is -2.06. The van der Waals surface area contributed by atoms with E-state index in [9.17, 15) is 9.59 Å². The van der Waals surface area contributed by atoms with Crippen LogP contribution in [0, 0.1) is 0 Å². The molecule has 2 N–H and O–H groups in total. The van der Waals surface area contributed by atoms with Crippen LogP contribution in [-0.4, -0.2) is 36.9 Å². The molecule has 2 rings (SSSR count). The lowest BCUT2D eigenvalue weighted by molar-refractivity contribution is -0.123. The van der Waals surface area contributed by atoms with Crippen LogP contribution < -0.4 is 14.9 Å². The van der Waals surface area contributed by atoms with Gasteiger partial charge < -0.3 is 14.6 Å². The highest BCUT2D eigenvalue weighted by atomic mass is 16.5. The number of hydrogen-bond donors (Lipinski definition) is 2. The van der Waals surface area contributed by atoms with E-state index in [0.717, 1.165) is 0 Å². The maximum Gasteiger partial charge on any atom is 0.335 e. The van der Waals surface area contributed by atoms with Crippen LogP contribution in [0.3, 0.4) is 0 Å². The number of ether oxygens (including phenoxy) is 2. The highest BCUT2D eigenvalue weighted by Gasteiger charge is 2.03. The van der Waals surface area contributed by atoms with Crippen molar-refractivity contribution in [2.45, 2.75) is 0 Å². The zero-order valence-electron chi connectivity index (χ0n) is 12.9. The molecule has 124 valence electrons. The molecule has 0 spiro atoms. The molecule has 24 heavy (non-hydrogen) atoms. The Kier molecular flexibility index (Phi) is 5.90. The van der Waals surface area contributed by atoms with Gasteiger partial charge >= 0.3 is 5.97 Å². The third-order valence-electron chi connectivity index (χ3n) is 2.97. The largest absolute Gasteiger partial charge is 0.497 e. The number of nitrogens with zero attached hydrogens (tertiary/aromatic N) is 1. The van der Waals surface area contributed by atoms with Gasteiger partial charge in [-0.05, 0) is 29.8 Å². The van der Waals surface area contributed by atoms with Crippen LogP contribution in [0.15, 0.2) is 53.6 Å². The van der Waals surface area contributed by atoms with Crippen LogP contribution in [-0.2, 0) is 4.79 Å². The number of carbonyl (C=O) groups is 2. The van der Waals surface area contributed by atoms with Crippen molar-refractivity contribution in [1.82, 2.24) is 5.43 Å². The lowest BCUT2D eigenvalue weighted by atomic mass is 10.1. The Morgan fingerprint density at radius 3 is 2.54 bits per heavy atom. The predicted octanol–water partition coefficient (Wildman–Crippen LogP) is 1.92. The standard InChI is InChI=1S/C17H16N2O5/c1-23-14-3-2-4-15(9-14)24-11-16(20)19-18-10-12-5-7-13(8-6-12)17(21)22/h2-10H,11H2,1H3,(H,19,20)(H,21,22)/b18-10+. The van der Waals surface area contributed by atoms with Crippen LogP contribution in [0.5, 0.6) is 11.5 Å². The Morgan fingerprint density at radius 1 is 1.17 bits per heavy atom. The Bertz CT molecular complexity index is 741. The monoisotopic (exact) mass is 328 g/mol. The molecule has 2 aromatic rings. The fourth-order valence-electron chi connectivity index (χ4n) is 1.76. The van der Waals surface area contributed by atoms with E-state index in [-0.39, 0.29) is 12.2 Å². The van der Waals surface area contributed by atoms with Gasteiger partial charge in [-0.2, -0.15) is 5.10 Å². The van der Waals surface area contributed by atoms with Gasteiger partial charge in [0.05, 0.1) is 18.9 Å². The van der Waals surface area contributed by atoms with Gasteiger partial charge in [-0.3, -0.25) is 4.79 Å². The molecule has 0 saturated heterocycles. The summed E-state index contributed by atoms with van der Waals surface area (Å²) >= 11 is 0. The number of rotatable bonds is 7. The molecule has 0 aliphatic heterocycles. The van der Waals surface area contributed by atoms with Gasteiger partial charge in [0.1, 0.15) is 11.5 Å². The minimum Gasteiger partial charge on any atom is -0.497 e. The van der Waals surface area contributed by atoms with Crippen LogP contribution in [0.1, 0.15) is 15.9 Å². The number of nitrogens with one attached hydrogen (secondary N) is 1. The average molecular weight is 328 g/mol. The van der Waals surface area contributed by atoms with E-state index in [4.69, 9.17) is 14.6 Å². The number of benzene rings is 2. The van der Waals surface area contributed by atoms with Gasteiger partial charge in [0.25, 0.3) is 5.91 Å². The Balaban J connectivity index is 1.80. The number of carbonyl (C=O) groups excluding carboxylic acids is 1. The summed E-state index contributed by atoms with van der Waals surface area (Å²) in [5.41, 5.74) is 3.17. The van der Waals surface area contributed by atoms with Crippen molar-refractivity contribution in [3.63, 3.8) is 0 Å². The van der Waals surface area contributed by atoms with Crippen molar-refractivity contribution < 1.29 is 24.2 Å². The van der Waals surface area contributed by atoms with Gasteiger partial charge in [0, 0.05) is 6.07 Å². The van der Waals surface area contributed by atoms with Crippen molar-refractivity contribution >= 4 is 18.1 Å². The number of hydrazone groups is 1. The van der Waals surface area contributed by atoms with E-state index in [1.807, 2.05) is 0 Å². The topological polar surface area (TPSA) is 97.2 Å². The van der Waals surface area contributed by atoms with E-state index in [0.29, 0.717) is 17.1 Å². The van der Waals surface area contributed by atoms with Crippen LogP contribution in [0.2, 0.25) is 0 Å². The van der Waals surface area contributed by atoms with E-state index in [2.05, 4.69) is 10.5 Å². The fourth-order valence-corrected chi connectivity index (χ4v) is 1.76. The van der Waals surface area contributed by atoms with Crippen LogP contribution >= 0.6 is 0 Å². The molecule has 0 bridgehead atoms. The summed E-state index contributed by atoms with van der Waals surface area (Å²) in [6.07, 6.45) is 1.41. The molecular weight excluding hydrogens is 312 g/mol. The number of amides is 1. The van der Waals surface area contributed by atoms with E-state index in [1.165, 1.54) is 18.3 Å². The van der Waals surface area contributed by atoms with Gasteiger partial charge in [0.2, 0.25) is 0 Å². The highest BCUT2D eigenvalue weighted by Crippen LogP contribution is 2.18. The first-order valence-electron chi connectivity index (χ1n) is 7.00. The summed E-state index contributed by atoms with van der Waals surface area (Å²) in [6, 6.07) is 13.0. The first kappa shape index (κ1) is 17.0. The first-order chi connectivity index (χ1) is 11.6. The number of carboxylic acids is 1. The molecule has 0 unspecified atom stereocenters. The Hall–Kier alpha value is -3.35. The molecule has 0 saturated carbocycles. The quantitative estimate of drug-likeness (QED) is 0.598. The van der Waals surface area contributed by atoms with Gasteiger partial charge in [0.15, 0.2) is 6.61 Å². The lowest BCUT2D eigenvalue weighted by Crippen LogP contribution is -2.24. The van der Waals surface area contributed by atoms with Crippen molar-refractivity contribution in [2.24, 2.45) is 5.10 Å². The van der Waals surface area contributed by atoms with Gasteiger partial charge in [-0.1, -0.05) is 18.2 Å². The minimum absolute atomic E-state index is 0.183. The molecule has 0 fully saturated rings. The van der Waals surface area contributed by atoms with Gasteiger partial charge in [-0.25, -0.2) is 10.2 Å². The first-order valence-corrected chi connectivity index (χ1v) is 7.00. The second-order valence-corrected chi connectivity index (χ2v) is 4.69. The second-order valence-electron chi connectivity index (χ2n) is 4.69. The normalized spacial score (nSPS) is 10.4. The summed E-state index contributed by atoms with van der Waals surface area (Å²) in [7, 11) is 1.55. The van der Waals surface area contributed by atoms with Gasteiger partial charge in [-0.15, -0.1) is 0 Å². The fraction of sp³-hybridized carbons (Fsp3) is 0.118. The number of aromatic carboxylic acids is 1. The SMILES string of the molecule is COc1cccc(OCC(=O)N/N=C/c2ccc(C(=O)O)cc2)c1. The molecule has 0 atom stereocenters. The highest BCUT2D eigenvalue weighted by molar-refractivity contribution is 5.89. The smallest absolute Gasteiger partial charge is 0.335 e. The molecule has 0 aliphatic carbocycles. The van der Waals surface area contributed by atoms with Crippen LogP contribution in [0.4, 0.5) is 0 Å². The molecule has 2 aromatic carbocycles. The third kappa shape index (κ3) is 5.13. The second kappa shape index (κ2) is 8.33. The molecule has 0 aromatic heterocycles. The zero-order valence-corrected chi connectivity index (χ0v) is 12.9. The molecule has 1 amide bonds. The third-order valence-corrected chi connectivity index (χ3v) is 2.97. The summed E-state index contributed by atoms with van der Waals surface area (Å²) < 4.78 is 10.4. The predicted molar refractivity (Wildman–Crippen MR) is 87.6 cm³/mol. The van der Waals surface area contributed by atoms with E-state index >= 15 is 0 Å². The minimum atomic E-state index is -0.999. The average Bonchev–Trinajstić information content (AvgIpc) is 2.60. The number of hydrogen-bond acceptors (Lipinski definition) is 5. The Morgan fingerprint density at radius 2 is 1.88 bits per heavy atom. The van der Waals surface area contributed by atoms with Crippen LogP contribution in [0.25, 0.3) is 0 Å². The van der Waals surface area contributed by atoms with E-state index < -0.39 is 11.9 Å². The van der Waals surface area contributed by atoms with Crippen molar-refractivity contribution in [2.75, 3.05) is 13.7 Å². The van der Waals surface area contributed by atoms with Crippen molar-refractivity contribution in [3.8, 4) is 11.5 Å². The zero-order chi connectivity index (χ0) is 17.4. The molecule has 0 heterocycles. The molecule has 0 radical (unpaired) electrons. The molecule has 0 aliphatic rings. The maximum atomic E-state index is 11.6. The van der Waals surface area contributed by atoms with Crippen molar-refractivity contribution in [1.29, 1.82) is 0 Å². The molecule has 7 nitrogen and oxygen atoms in total. The van der Waals surface area contributed by atoms with E-state index in [1.54, 1.807) is 43.5 Å². The number of carboxylic acid groups (broad SMARTS) is 1. The molecule has 7 heteroatoms. The summed E-state index contributed by atoms with van der Waals surface area (Å²) in [4.78, 5) is 22.4. The summed E-state index contributed by atoms with van der Waals surface area (Å²) in [5, 5.41) is 12.6. The summed E-state index contributed by atoms with van der Waals surface area (Å²) in [6.45, 7) is -0.192. The maximum absolute atomic E-state index is 11.6. The molecular formula is C17H16N2O5. The van der Waals surface area contributed by atoms with Crippen molar-refractivity contribution in [3.05, 3.63) is 59.7 Å².